The molecular formula is C11H16ClNO3S2. The van der Waals surface area contributed by atoms with Crippen LogP contribution < -0.4 is 5.32 Å². The van der Waals surface area contributed by atoms with E-state index in [1.807, 2.05) is 6.92 Å². The Labute approximate surface area is 116 Å². The van der Waals surface area contributed by atoms with E-state index in [1.54, 1.807) is 0 Å². The minimum absolute atomic E-state index is 0.00813. The lowest BCUT2D eigenvalue weighted by Gasteiger charge is -2.15. The van der Waals surface area contributed by atoms with Crippen molar-refractivity contribution in [3.05, 3.63) is 17.0 Å². The van der Waals surface area contributed by atoms with E-state index in [2.05, 4.69) is 19.2 Å². The maximum Gasteiger partial charge on any atom is 0.270 e. The van der Waals surface area contributed by atoms with Crippen LogP contribution in [0.4, 0.5) is 0 Å². The Morgan fingerprint density at radius 2 is 2.06 bits per heavy atom. The van der Waals surface area contributed by atoms with Gasteiger partial charge in [0.15, 0.2) is 0 Å². The van der Waals surface area contributed by atoms with E-state index >= 15 is 0 Å². The van der Waals surface area contributed by atoms with E-state index in [-0.39, 0.29) is 10.1 Å². The van der Waals surface area contributed by atoms with E-state index in [0.717, 1.165) is 11.3 Å². The topological polar surface area (TPSA) is 63.2 Å². The average molecular weight is 310 g/mol. The minimum atomic E-state index is -3.75. The molecular weight excluding hydrogens is 294 g/mol. The summed E-state index contributed by atoms with van der Waals surface area (Å²) in [5.41, 5.74) is 0.329. The maximum absolute atomic E-state index is 11.8. The van der Waals surface area contributed by atoms with Gasteiger partial charge in [0, 0.05) is 22.6 Å². The van der Waals surface area contributed by atoms with Crippen LogP contribution in [0.25, 0.3) is 0 Å². The quantitative estimate of drug-likeness (QED) is 0.851. The first-order chi connectivity index (χ1) is 8.21. The molecule has 0 aromatic carbocycles. The summed E-state index contributed by atoms with van der Waals surface area (Å²) < 4.78 is 22.1. The number of hydrogen-bond donors (Lipinski definition) is 1. The van der Waals surface area contributed by atoms with Gasteiger partial charge < -0.3 is 5.32 Å². The van der Waals surface area contributed by atoms with Crippen molar-refractivity contribution in [3.63, 3.8) is 0 Å². The summed E-state index contributed by atoms with van der Waals surface area (Å²) in [6.45, 7) is 6.78. The monoisotopic (exact) mass is 309 g/mol. The van der Waals surface area contributed by atoms with Crippen LogP contribution in [0.2, 0.25) is 0 Å². The van der Waals surface area contributed by atoms with Gasteiger partial charge in [0.05, 0.1) is 5.56 Å². The van der Waals surface area contributed by atoms with Crippen LogP contribution >= 0.6 is 22.0 Å². The molecule has 102 valence electrons. The number of halogens is 1. The summed E-state index contributed by atoms with van der Waals surface area (Å²) in [5.74, 6) is 0.570. The summed E-state index contributed by atoms with van der Waals surface area (Å²) in [5, 5.41) is 4.27. The van der Waals surface area contributed by atoms with E-state index in [9.17, 15) is 13.2 Å². The fraction of sp³-hybridized carbons (Fsp3) is 0.545. The van der Waals surface area contributed by atoms with Gasteiger partial charge in [0.25, 0.3) is 15.0 Å². The van der Waals surface area contributed by atoms with Gasteiger partial charge in [-0.1, -0.05) is 20.8 Å². The number of amides is 1. The lowest BCUT2D eigenvalue weighted by Crippen LogP contribution is -2.29. The molecule has 0 saturated carbocycles. The summed E-state index contributed by atoms with van der Waals surface area (Å²) >= 11 is 0.945. The van der Waals surface area contributed by atoms with Gasteiger partial charge in [-0.25, -0.2) is 8.42 Å². The third-order valence-electron chi connectivity index (χ3n) is 2.80. The Morgan fingerprint density at radius 1 is 1.44 bits per heavy atom. The van der Waals surface area contributed by atoms with Crippen molar-refractivity contribution in [1.29, 1.82) is 0 Å². The second kappa shape index (κ2) is 6.04. The highest BCUT2D eigenvalue weighted by Crippen LogP contribution is 2.23. The Bertz CT molecular complexity index is 522. The summed E-state index contributed by atoms with van der Waals surface area (Å²) in [6, 6.07) is 1.29. The predicted octanol–water partition coefficient (Wildman–Crippen LogP) is 2.70. The molecule has 0 saturated heterocycles. The number of nitrogens with one attached hydrogen (secondary N) is 1. The lowest BCUT2D eigenvalue weighted by atomic mass is 9.98. The van der Waals surface area contributed by atoms with Crippen LogP contribution in [-0.2, 0) is 9.05 Å². The molecule has 1 atom stereocenters. The molecule has 0 radical (unpaired) electrons. The van der Waals surface area contributed by atoms with Gasteiger partial charge in [-0.3, -0.25) is 4.79 Å². The van der Waals surface area contributed by atoms with Crippen molar-refractivity contribution in [1.82, 2.24) is 5.32 Å². The Hall–Kier alpha value is -0.590. The fourth-order valence-electron chi connectivity index (χ4n) is 1.15. The van der Waals surface area contributed by atoms with Crippen molar-refractivity contribution < 1.29 is 13.2 Å². The summed E-state index contributed by atoms with van der Waals surface area (Å²) in [7, 11) is 1.45. The van der Waals surface area contributed by atoms with Gasteiger partial charge in [0.1, 0.15) is 4.21 Å². The van der Waals surface area contributed by atoms with Crippen molar-refractivity contribution in [2.75, 3.05) is 6.54 Å². The predicted molar refractivity (Wildman–Crippen MR) is 73.7 cm³/mol. The van der Waals surface area contributed by atoms with Gasteiger partial charge in [0.2, 0.25) is 0 Å². The molecule has 1 aromatic heterocycles. The summed E-state index contributed by atoms with van der Waals surface area (Å²) in [4.78, 5) is 11.8. The minimum Gasteiger partial charge on any atom is -0.352 e. The normalized spacial score (nSPS) is 13.6. The first-order valence-electron chi connectivity index (χ1n) is 5.53. The molecule has 1 N–H and O–H groups in total. The molecule has 0 bridgehead atoms. The Morgan fingerprint density at radius 3 is 2.50 bits per heavy atom. The van der Waals surface area contributed by atoms with Crippen molar-refractivity contribution in [3.8, 4) is 0 Å². The van der Waals surface area contributed by atoms with Gasteiger partial charge in [-0.2, -0.15) is 0 Å². The number of rotatable bonds is 5. The highest BCUT2D eigenvalue weighted by molar-refractivity contribution is 8.15. The van der Waals surface area contributed by atoms with E-state index in [0.29, 0.717) is 23.9 Å². The van der Waals surface area contributed by atoms with E-state index in [4.69, 9.17) is 10.7 Å². The van der Waals surface area contributed by atoms with Crippen LogP contribution in [0.5, 0.6) is 0 Å². The number of hydrogen-bond acceptors (Lipinski definition) is 4. The molecule has 7 heteroatoms. The third kappa shape index (κ3) is 4.26. The zero-order chi connectivity index (χ0) is 13.9. The number of carbonyl (C=O) groups excluding carboxylic acids is 1. The van der Waals surface area contributed by atoms with Crippen LogP contribution in [0, 0.1) is 11.8 Å². The third-order valence-corrected chi connectivity index (χ3v) is 5.84. The zero-order valence-electron chi connectivity index (χ0n) is 10.4. The molecule has 18 heavy (non-hydrogen) atoms. The number of thiophene rings is 1. The standard InChI is InChI=1S/C11H16ClNO3S2/c1-7(2)8(3)5-13-11(14)9-4-10(17-6-9)18(12,15)16/h4,6-8H,5H2,1-3H3,(H,13,14). The molecule has 0 fully saturated rings. The summed E-state index contributed by atoms with van der Waals surface area (Å²) in [6.07, 6.45) is 0. The highest BCUT2D eigenvalue weighted by atomic mass is 35.7. The molecule has 0 aliphatic carbocycles. The average Bonchev–Trinajstić information content (AvgIpc) is 2.73. The second-order valence-corrected chi connectivity index (χ2v) is 8.23. The van der Waals surface area contributed by atoms with Crippen LogP contribution in [0.3, 0.4) is 0 Å². The first-order valence-corrected chi connectivity index (χ1v) is 8.72. The molecule has 0 aliphatic rings. The van der Waals surface area contributed by atoms with Crippen LogP contribution in [-0.4, -0.2) is 20.9 Å². The molecule has 0 aliphatic heterocycles. The smallest absolute Gasteiger partial charge is 0.270 e. The second-order valence-electron chi connectivity index (χ2n) is 4.52. The van der Waals surface area contributed by atoms with Gasteiger partial charge >= 0.3 is 0 Å². The Balaban J connectivity index is 2.66. The van der Waals surface area contributed by atoms with Crippen molar-refractivity contribution in [2.45, 2.75) is 25.0 Å². The first kappa shape index (κ1) is 15.5. The largest absolute Gasteiger partial charge is 0.352 e. The van der Waals surface area contributed by atoms with E-state index in [1.165, 1.54) is 11.4 Å². The molecule has 1 heterocycles. The van der Waals surface area contributed by atoms with Crippen LogP contribution in [0.1, 0.15) is 31.1 Å². The van der Waals surface area contributed by atoms with Crippen molar-refractivity contribution in [2.24, 2.45) is 11.8 Å². The molecule has 4 nitrogen and oxygen atoms in total. The Kier molecular flexibility index (Phi) is 5.19. The molecule has 1 rings (SSSR count). The fourth-order valence-corrected chi connectivity index (χ4v) is 3.10. The highest BCUT2D eigenvalue weighted by Gasteiger charge is 2.17. The van der Waals surface area contributed by atoms with Gasteiger partial charge in [-0.05, 0) is 17.9 Å². The number of carbonyl (C=O) groups is 1. The maximum atomic E-state index is 11.8. The SMILES string of the molecule is CC(C)C(C)CNC(=O)c1csc(S(=O)(=O)Cl)c1. The van der Waals surface area contributed by atoms with Crippen molar-refractivity contribution >= 4 is 37.0 Å². The van der Waals surface area contributed by atoms with E-state index < -0.39 is 9.05 Å². The van der Waals surface area contributed by atoms with Gasteiger partial charge in [-0.15, -0.1) is 11.3 Å². The molecule has 1 unspecified atom stereocenters. The molecule has 0 spiro atoms. The lowest BCUT2D eigenvalue weighted by molar-refractivity contribution is 0.0945. The molecule has 1 aromatic rings. The molecule has 1 amide bonds. The van der Waals surface area contributed by atoms with Crippen LogP contribution in [0.15, 0.2) is 15.7 Å². The zero-order valence-corrected chi connectivity index (χ0v) is 12.8.